The summed E-state index contributed by atoms with van der Waals surface area (Å²) in [6.07, 6.45) is 70.5. The van der Waals surface area contributed by atoms with Crippen molar-refractivity contribution in [3.05, 3.63) is 60.8 Å². The molecule has 426 valence electrons. The fourth-order valence-corrected chi connectivity index (χ4v) is 9.36. The second kappa shape index (κ2) is 54.5. The summed E-state index contributed by atoms with van der Waals surface area (Å²) in [7, 11) is 1.18. The number of phosphoric ester groups is 1. The molecule has 0 spiro atoms. The number of phosphoric acid groups is 1. The van der Waals surface area contributed by atoms with E-state index in [4.69, 9.17) is 18.5 Å². The number of likely N-dealkylation sites (N-methyl/N-ethyl adjacent to an activating group) is 1. The second-order valence-corrected chi connectivity index (χ2v) is 23.1. The Morgan fingerprint density at radius 2 is 0.781 bits per heavy atom. The summed E-state index contributed by atoms with van der Waals surface area (Å²) < 4.78 is 34.0. The highest BCUT2D eigenvalue weighted by Gasteiger charge is 2.22. The summed E-state index contributed by atoms with van der Waals surface area (Å²) >= 11 is 0. The van der Waals surface area contributed by atoms with Crippen LogP contribution in [-0.2, 0) is 32.7 Å². The molecule has 0 aliphatic carbocycles. The molecule has 0 fully saturated rings. The molecule has 0 saturated carbocycles. The van der Waals surface area contributed by atoms with Crippen LogP contribution in [0, 0.1) is 0 Å². The lowest BCUT2D eigenvalue weighted by Gasteiger charge is -2.28. The molecule has 0 N–H and O–H groups in total. The zero-order chi connectivity index (χ0) is 53.5. The zero-order valence-corrected chi connectivity index (χ0v) is 49.2. The number of unbranched alkanes of at least 4 members (excludes halogenated alkanes) is 32. The number of hydrogen-bond donors (Lipinski definition) is 0. The van der Waals surface area contributed by atoms with E-state index in [0.717, 1.165) is 64.2 Å². The van der Waals surface area contributed by atoms with Crippen molar-refractivity contribution < 1.29 is 42.1 Å². The van der Waals surface area contributed by atoms with Crippen LogP contribution < -0.4 is 4.89 Å². The van der Waals surface area contributed by atoms with Gasteiger partial charge in [0.05, 0.1) is 27.7 Å². The molecule has 0 aliphatic rings. The van der Waals surface area contributed by atoms with Gasteiger partial charge >= 0.3 is 11.9 Å². The van der Waals surface area contributed by atoms with Crippen molar-refractivity contribution in [2.45, 2.75) is 283 Å². The van der Waals surface area contributed by atoms with Crippen molar-refractivity contribution in [1.29, 1.82) is 0 Å². The molecule has 2 unspecified atom stereocenters. The van der Waals surface area contributed by atoms with E-state index in [-0.39, 0.29) is 32.0 Å². The first-order valence-corrected chi connectivity index (χ1v) is 32.0. The monoisotopic (exact) mass is 1050 g/mol. The first-order chi connectivity index (χ1) is 35.5. The minimum atomic E-state index is -4.62. The van der Waals surface area contributed by atoms with E-state index in [1.807, 2.05) is 21.1 Å². The zero-order valence-electron chi connectivity index (χ0n) is 48.3. The summed E-state index contributed by atoms with van der Waals surface area (Å²) in [4.78, 5) is 37.6. The second-order valence-electron chi connectivity index (χ2n) is 21.7. The van der Waals surface area contributed by atoms with Crippen molar-refractivity contribution in [3.8, 4) is 0 Å². The average molecular weight is 1050 g/mol. The van der Waals surface area contributed by atoms with E-state index in [0.29, 0.717) is 17.4 Å². The van der Waals surface area contributed by atoms with Gasteiger partial charge in [0.2, 0.25) is 0 Å². The van der Waals surface area contributed by atoms with Crippen molar-refractivity contribution in [2.75, 3.05) is 47.5 Å². The molecule has 0 rings (SSSR count). The van der Waals surface area contributed by atoms with Gasteiger partial charge in [0.25, 0.3) is 7.82 Å². The fourth-order valence-electron chi connectivity index (χ4n) is 8.63. The van der Waals surface area contributed by atoms with E-state index in [9.17, 15) is 19.0 Å². The molecule has 0 aromatic carbocycles. The first kappa shape index (κ1) is 70.7. The SMILES string of the molecule is CC/C=C\C/C=C\C/C=C\C/C=C\C/C=C\CCCCCCCCCCCCCCCCCCCCCCCCCCCC(=O)OC(COC(=O)CCCCCCCCCC)COP(=O)([O-])OCC[N+](C)(C)C. The number of hydrogen-bond acceptors (Lipinski definition) is 8. The Morgan fingerprint density at radius 3 is 1.16 bits per heavy atom. The number of nitrogens with zero attached hydrogens (tertiary/aromatic N) is 1. The molecule has 0 radical (unpaired) electrons. The van der Waals surface area contributed by atoms with Crippen LogP contribution in [-0.4, -0.2) is 70.0 Å². The Labute approximate surface area is 451 Å². The summed E-state index contributed by atoms with van der Waals surface area (Å²) in [5.74, 6) is -0.827. The van der Waals surface area contributed by atoms with Crippen molar-refractivity contribution in [3.63, 3.8) is 0 Å². The number of rotatable bonds is 56. The number of quaternary nitrogens is 1. The molecule has 0 heterocycles. The van der Waals surface area contributed by atoms with Gasteiger partial charge in [0, 0.05) is 12.8 Å². The highest BCUT2D eigenvalue weighted by Crippen LogP contribution is 2.38. The van der Waals surface area contributed by atoms with Crippen LogP contribution >= 0.6 is 7.82 Å². The van der Waals surface area contributed by atoms with Crippen LogP contribution in [0.3, 0.4) is 0 Å². The molecule has 10 heteroatoms. The number of ether oxygens (including phenoxy) is 2. The highest BCUT2D eigenvalue weighted by atomic mass is 31.2. The van der Waals surface area contributed by atoms with Crippen molar-refractivity contribution in [1.82, 2.24) is 0 Å². The molecule has 0 bridgehead atoms. The Hall–Kier alpha value is -2.29. The molecule has 0 saturated heterocycles. The van der Waals surface area contributed by atoms with Gasteiger partial charge in [-0.25, -0.2) is 0 Å². The quantitative estimate of drug-likeness (QED) is 0.0195. The molecule has 2 atom stereocenters. The molecule has 73 heavy (non-hydrogen) atoms. The van der Waals surface area contributed by atoms with Crippen LogP contribution in [0.5, 0.6) is 0 Å². The topological polar surface area (TPSA) is 111 Å². The van der Waals surface area contributed by atoms with Gasteiger partial charge in [-0.15, -0.1) is 0 Å². The van der Waals surface area contributed by atoms with Gasteiger partial charge in [-0.05, 0) is 57.8 Å². The molecule has 0 amide bonds. The lowest BCUT2D eigenvalue weighted by Crippen LogP contribution is -2.37. The van der Waals surface area contributed by atoms with E-state index >= 15 is 0 Å². The summed E-state index contributed by atoms with van der Waals surface area (Å²) in [6, 6.07) is 0. The first-order valence-electron chi connectivity index (χ1n) is 30.5. The maximum absolute atomic E-state index is 12.7. The highest BCUT2D eigenvalue weighted by molar-refractivity contribution is 7.45. The van der Waals surface area contributed by atoms with Crippen molar-refractivity contribution in [2.24, 2.45) is 0 Å². The fraction of sp³-hybridized carbons (Fsp3) is 0.810. The van der Waals surface area contributed by atoms with Crippen LogP contribution in [0.2, 0.25) is 0 Å². The normalized spacial score (nSPS) is 13.7. The Balaban J connectivity index is 3.78. The van der Waals surface area contributed by atoms with E-state index in [1.54, 1.807) is 0 Å². The summed E-state index contributed by atoms with van der Waals surface area (Å²) in [5, 5.41) is 0. The molecule has 0 aliphatic heterocycles. The minimum Gasteiger partial charge on any atom is -0.756 e. The molecule has 0 aromatic rings. The third kappa shape index (κ3) is 58.8. The largest absolute Gasteiger partial charge is 0.756 e. The summed E-state index contributed by atoms with van der Waals surface area (Å²) in [5.41, 5.74) is 0. The van der Waals surface area contributed by atoms with Crippen LogP contribution in [0.15, 0.2) is 60.8 Å². The van der Waals surface area contributed by atoms with Crippen LogP contribution in [0.25, 0.3) is 0 Å². The maximum atomic E-state index is 12.7. The Morgan fingerprint density at radius 1 is 0.438 bits per heavy atom. The Kier molecular flexibility index (Phi) is 52.8. The van der Waals surface area contributed by atoms with E-state index < -0.39 is 26.5 Å². The number of carbonyl (C=O) groups excluding carboxylic acids is 2. The Bertz CT molecular complexity index is 1420. The van der Waals surface area contributed by atoms with Gasteiger partial charge in [-0.1, -0.05) is 267 Å². The average Bonchev–Trinajstić information content (AvgIpc) is 3.35. The van der Waals surface area contributed by atoms with Gasteiger partial charge in [0.1, 0.15) is 19.8 Å². The molecular weight excluding hydrogens is 930 g/mol. The summed E-state index contributed by atoms with van der Waals surface area (Å²) in [6.45, 7) is 4.11. The van der Waals surface area contributed by atoms with Gasteiger partial charge in [-0.3, -0.25) is 14.2 Å². The predicted molar refractivity (Wildman–Crippen MR) is 310 cm³/mol. The maximum Gasteiger partial charge on any atom is 0.306 e. The van der Waals surface area contributed by atoms with Crippen LogP contribution in [0.1, 0.15) is 277 Å². The lowest BCUT2D eigenvalue weighted by molar-refractivity contribution is -0.870. The minimum absolute atomic E-state index is 0.0285. The lowest BCUT2D eigenvalue weighted by atomic mass is 10.0. The van der Waals surface area contributed by atoms with Crippen LogP contribution in [0.4, 0.5) is 0 Å². The number of carbonyl (C=O) groups is 2. The smallest absolute Gasteiger partial charge is 0.306 e. The van der Waals surface area contributed by atoms with Crippen molar-refractivity contribution >= 4 is 19.8 Å². The third-order valence-electron chi connectivity index (χ3n) is 13.3. The molecule has 9 nitrogen and oxygen atoms in total. The van der Waals surface area contributed by atoms with E-state index in [1.165, 1.54) is 180 Å². The molecule has 0 aromatic heterocycles. The predicted octanol–water partition coefficient (Wildman–Crippen LogP) is 18.5. The van der Waals surface area contributed by atoms with E-state index in [2.05, 4.69) is 74.6 Å². The van der Waals surface area contributed by atoms with Gasteiger partial charge in [0.15, 0.2) is 6.10 Å². The van der Waals surface area contributed by atoms with Gasteiger partial charge < -0.3 is 27.9 Å². The number of allylic oxidation sites excluding steroid dienone is 10. The molecular formula is C63H116NO8P. The standard InChI is InChI=1S/C63H116NO8P/c1-6-8-10-12-14-16-17-18-19-20-21-22-23-24-25-26-27-28-29-30-31-32-33-34-35-36-37-38-39-40-41-42-43-44-45-46-47-48-50-52-54-56-63(66)72-61(60-71-73(67,68)70-58-57-64(3,4)5)59-69-62(65)55-53-51-49-15-13-11-9-7-2/h8,10,14,16,18-19,21-22,24-25,61H,6-7,9,11-13,15,17,20,23,26-60H2,1-5H3/b10-8-,16-14-,19-18-,22-21-,25-24-. The van der Waals surface area contributed by atoms with Gasteiger partial charge in [-0.2, -0.15) is 0 Å². The third-order valence-corrected chi connectivity index (χ3v) is 14.3. The number of esters is 2.